The molecular formula is C21H18F3O. The lowest BCUT2D eigenvalue weighted by molar-refractivity contribution is -0.0873. The molecule has 0 bridgehead atoms. The first-order chi connectivity index (χ1) is 11.9. The van der Waals surface area contributed by atoms with Crippen LogP contribution in [0.25, 0.3) is 11.1 Å². The number of alkyl halides is 3. The van der Waals surface area contributed by atoms with E-state index in [2.05, 4.69) is 0 Å². The number of hydrogen-bond donors (Lipinski definition) is 0. The molecule has 0 unspecified atom stereocenters. The largest absolute Gasteiger partial charge is 0.497 e. The third-order valence-corrected chi connectivity index (χ3v) is 4.21. The van der Waals surface area contributed by atoms with Crippen molar-refractivity contribution in [2.75, 3.05) is 7.11 Å². The zero-order chi connectivity index (χ0) is 18.0. The van der Waals surface area contributed by atoms with Crippen molar-refractivity contribution in [1.29, 1.82) is 0 Å². The van der Waals surface area contributed by atoms with Crippen molar-refractivity contribution in [2.45, 2.75) is 19.5 Å². The lowest BCUT2D eigenvalue weighted by Gasteiger charge is -2.24. The lowest BCUT2D eigenvalue weighted by atomic mass is 9.82. The van der Waals surface area contributed by atoms with E-state index in [1.807, 2.05) is 31.5 Å². The Hall–Kier alpha value is -2.49. The maximum atomic E-state index is 13.6. The van der Waals surface area contributed by atoms with E-state index in [4.69, 9.17) is 4.74 Å². The average Bonchev–Trinajstić information content (AvgIpc) is 2.61. The number of rotatable bonds is 3. The summed E-state index contributed by atoms with van der Waals surface area (Å²) in [5.74, 6) is 0.616. The van der Waals surface area contributed by atoms with Crippen LogP contribution in [0.1, 0.15) is 23.1 Å². The molecule has 0 aliphatic heterocycles. The Balaban J connectivity index is 2.23. The van der Waals surface area contributed by atoms with Crippen LogP contribution in [-0.2, 0) is 0 Å². The van der Waals surface area contributed by atoms with Crippen LogP contribution >= 0.6 is 0 Å². The molecule has 0 saturated carbocycles. The predicted molar refractivity (Wildman–Crippen MR) is 94.0 cm³/mol. The van der Waals surface area contributed by atoms with E-state index >= 15 is 0 Å². The van der Waals surface area contributed by atoms with Crippen LogP contribution in [0.5, 0.6) is 5.75 Å². The standard InChI is InChI=1S/C21H18F3O/c1-14-9-11-15(12-10-14)20-18(7-4-8-19(20)21(22,23)24)16-5-3-6-17(13-16)25-2/h3,5-13H,4H2,1-2H3. The molecule has 0 amide bonds. The molecular weight excluding hydrogens is 325 g/mol. The molecule has 1 aliphatic carbocycles. The van der Waals surface area contributed by atoms with E-state index in [1.165, 1.54) is 6.08 Å². The maximum absolute atomic E-state index is 13.6. The Morgan fingerprint density at radius 3 is 2.32 bits per heavy atom. The molecule has 0 aromatic heterocycles. The second-order valence-corrected chi connectivity index (χ2v) is 5.94. The normalized spacial score (nSPS) is 15.2. The second-order valence-electron chi connectivity index (χ2n) is 5.94. The fourth-order valence-electron chi connectivity index (χ4n) is 2.99. The Morgan fingerprint density at radius 2 is 1.68 bits per heavy atom. The maximum Gasteiger partial charge on any atom is 0.416 e. The SMILES string of the molecule is COc1cccc(C2=C(c3ccc(C)cc3)C(C(F)(F)F)=CC[CH]2)c1. The van der Waals surface area contributed by atoms with Gasteiger partial charge in [0.05, 0.1) is 12.7 Å². The van der Waals surface area contributed by atoms with Crippen molar-refractivity contribution >= 4 is 11.1 Å². The molecule has 1 radical (unpaired) electrons. The number of allylic oxidation sites excluding steroid dienone is 4. The summed E-state index contributed by atoms with van der Waals surface area (Å²) >= 11 is 0. The van der Waals surface area contributed by atoms with Crippen molar-refractivity contribution in [1.82, 2.24) is 0 Å². The highest BCUT2D eigenvalue weighted by atomic mass is 19.4. The minimum atomic E-state index is -4.40. The quantitative estimate of drug-likeness (QED) is 0.663. The molecule has 0 spiro atoms. The van der Waals surface area contributed by atoms with Gasteiger partial charge in [-0.2, -0.15) is 13.2 Å². The van der Waals surface area contributed by atoms with E-state index in [0.29, 0.717) is 22.4 Å². The molecule has 1 nitrogen and oxygen atoms in total. The van der Waals surface area contributed by atoms with Gasteiger partial charge in [-0.05, 0) is 54.2 Å². The number of ether oxygens (including phenoxy) is 1. The molecule has 2 aromatic rings. The fraction of sp³-hybridized carbons (Fsp3) is 0.190. The lowest BCUT2D eigenvalue weighted by Crippen LogP contribution is -2.17. The molecule has 0 N–H and O–H groups in total. The monoisotopic (exact) mass is 343 g/mol. The summed E-state index contributed by atoms with van der Waals surface area (Å²) in [6.07, 6.45) is -1.08. The van der Waals surface area contributed by atoms with E-state index in [1.54, 1.807) is 37.4 Å². The number of hydrogen-bond acceptors (Lipinski definition) is 1. The summed E-state index contributed by atoms with van der Waals surface area (Å²) in [6, 6.07) is 14.3. The van der Waals surface area contributed by atoms with Gasteiger partial charge >= 0.3 is 6.18 Å². The van der Waals surface area contributed by atoms with Crippen LogP contribution in [0.15, 0.2) is 60.2 Å². The van der Waals surface area contributed by atoms with Gasteiger partial charge in [0.15, 0.2) is 0 Å². The van der Waals surface area contributed by atoms with Gasteiger partial charge < -0.3 is 4.74 Å². The Bertz CT molecular complexity index is 827. The molecule has 25 heavy (non-hydrogen) atoms. The minimum Gasteiger partial charge on any atom is -0.497 e. The van der Waals surface area contributed by atoms with Crippen LogP contribution in [0.3, 0.4) is 0 Å². The molecule has 0 heterocycles. The Labute approximate surface area is 145 Å². The summed E-state index contributed by atoms with van der Waals surface area (Å²) in [4.78, 5) is 0. The number of halogens is 3. The van der Waals surface area contributed by atoms with Gasteiger partial charge in [0, 0.05) is 0 Å². The zero-order valence-electron chi connectivity index (χ0n) is 14.0. The first-order valence-electron chi connectivity index (χ1n) is 7.97. The molecule has 4 heteroatoms. The van der Waals surface area contributed by atoms with Gasteiger partial charge in [0.2, 0.25) is 0 Å². The third-order valence-electron chi connectivity index (χ3n) is 4.21. The predicted octanol–water partition coefficient (Wildman–Crippen LogP) is 6.01. The van der Waals surface area contributed by atoms with Crippen molar-refractivity contribution in [2.24, 2.45) is 0 Å². The topological polar surface area (TPSA) is 9.23 Å². The highest BCUT2D eigenvalue weighted by Gasteiger charge is 2.38. The minimum absolute atomic E-state index is 0.215. The molecule has 1 aliphatic rings. The van der Waals surface area contributed by atoms with Gasteiger partial charge in [0.1, 0.15) is 5.75 Å². The number of aryl methyl sites for hydroxylation is 1. The third kappa shape index (κ3) is 3.63. The van der Waals surface area contributed by atoms with E-state index in [9.17, 15) is 13.2 Å². The van der Waals surface area contributed by atoms with Gasteiger partial charge in [-0.1, -0.05) is 48.0 Å². The molecule has 0 saturated heterocycles. The Kier molecular flexibility index (Phi) is 4.71. The van der Waals surface area contributed by atoms with Crippen LogP contribution in [0.4, 0.5) is 13.2 Å². The first kappa shape index (κ1) is 17.3. The molecule has 2 aromatic carbocycles. The van der Waals surface area contributed by atoms with E-state index in [-0.39, 0.29) is 12.0 Å². The van der Waals surface area contributed by atoms with E-state index in [0.717, 1.165) is 5.56 Å². The fourth-order valence-corrected chi connectivity index (χ4v) is 2.99. The highest BCUT2D eigenvalue weighted by Crippen LogP contribution is 2.45. The molecule has 0 fully saturated rings. The number of methoxy groups -OCH3 is 1. The highest BCUT2D eigenvalue weighted by molar-refractivity contribution is 6.03. The van der Waals surface area contributed by atoms with Crippen LogP contribution in [0.2, 0.25) is 0 Å². The summed E-state index contributed by atoms with van der Waals surface area (Å²) < 4.78 is 46.2. The van der Waals surface area contributed by atoms with E-state index < -0.39 is 11.7 Å². The zero-order valence-corrected chi connectivity index (χ0v) is 14.0. The van der Waals surface area contributed by atoms with Gasteiger partial charge in [-0.15, -0.1) is 0 Å². The van der Waals surface area contributed by atoms with Crippen molar-refractivity contribution < 1.29 is 17.9 Å². The molecule has 0 atom stereocenters. The van der Waals surface area contributed by atoms with Gasteiger partial charge in [-0.3, -0.25) is 0 Å². The van der Waals surface area contributed by atoms with Crippen molar-refractivity contribution in [3.05, 3.63) is 83.3 Å². The van der Waals surface area contributed by atoms with Crippen LogP contribution in [-0.4, -0.2) is 13.3 Å². The van der Waals surface area contributed by atoms with Crippen molar-refractivity contribution in [3.8, 4) is 5.75 Å². The smallest absolute Gasteiger partial charge is 0.416 e. The molecule has 3 rings (SSSR count). The van der Waals surface area contributed by atoms with Crippen LogP contribution in [0, 0.1) is 13.3 Å². The average molecular weight is 343 g/mol. The summed E-state index contributed by atoms with van der Waals surface area (Å²) in [6.45, 7) is 1.91. The van der Waals surface area contributed by atoms with Crippen LogP contribution < -0.4 is 4.74 Å². The summed E-state index contributed by atoms with van der Waals surface area (Å²) in [5.41, 5.74) is 2.48. The Morgan fingerprint density at radius 1 is 0.960 bits per heavy atom. The first-order valence-corrected chi connectivity index (χ1v) is 7.97. The second kappa shape index (κ2) is 6.79. The molecule has 129 valence electrons. The van der Waals surface area contributed by atoms with Gasteiger partial charge in [-0.25, -0.2) is 0 Å². The van der Waals surface area contributed by atoms with Gasteiger partial charge in [0.25, 0.3) is 0 Å². The summed E-state index contributed by atoms with van der Waals surface area (Å²) in [7, 11) is 1.54. The number of benzene rings is 2. The van der Waals surface area contributed by atoms with Crippen molar-refractivity contribution in [3.63, 3.8) is 0 Å². The summed E-state index contributed by atoms with van der Waals surface area (Å²) in [5, 5.41) is 0.